The van der Waals surface area contributed by atoms with Gasteiger partial charge < -0.3 is 14.6 Å². The van der Waals surface area contributed by atoms with Gasteiger partial charge in [0.15, 0.2) is 11.5 Å². The highest BCUT2D eigenvalue weighted by Gasteiger charge is 2.28. The fourth-order valence-corrected chi connectivity index (χ4v) is 3.74. The first kappa shape index (κ1) is 20.8. The zero-order valence-electron chi connectivity index (χ0n) is 17.6. The first-order valence-corrected chi connectivity index (χ1v) is 10.2. The van der Waals surface area contributed by atoms with Gasteiger partial charge in [0.2, 0.25) is 0 Å². The molecule has 1 atom stereocenters. The van der Waals surface area contributed by atoms with Gasteiger partial charge in [0, 0.05) is 35.6 Å². The average Bonchev–Trinajstić information content (AvgIpc) is 3.38. The molecule has 3 aromatic rings. The maximum absolute atomic E-state index is 14.6. The molecule has 1 N–H and O–H groups in total. The maximum atomic E-state index is 14.6. The molecule has 0 radical (unpaired) electrons. The highest BCUT2D eigenvalue weighted by molar-refractivity contribution is 5.95. The number of carbonyl (C=O) groups excluding carboxylic acids is 2. The van der Waals surface area contributed by atoms with E-state index in [9.17, 15) is 14.0 Å². The number of ether oxygens (including phenoxy) is 1. The van der Waals surface area contributed by atoms with Crippen LogP contribution < -0.4 is 10.1 Å². The summed E-state index contributed by atoms with van der Waals surface area (Å²) in [7, 11) is 0. The number of benzene rings is 2. The number of carbonyl (C=O) groups is 2. The van der Waals surface area contributed by atoms with Crippen LogP contribution in [0.5, 0.6) is 5.75 Å². The lowest BCUT2D eigenvalue weighted by molar-refractivity contribution is 0.0924. The lowest BCUT2D eigenvalue weighted by atomic mass is 9.95. The Morgan fingerprint density at radius 3 is 2.71 bits per heavy atom. The maximum Gasteiger partial charge on any atom is 0.273 e. The van der Waals surface area contributed by atoms with Gasteiger partial charge in [-0.05, 0) is 49.2 Å². The number of rotatable bonds is 6. The lowest BCUT2D eigenvalue weighted by Crippen LogP contribution is -2.34. The number of halogens is 1. The molecule has 4 rings (SSSR count). The highest BCUT2D eigenvalue weighted by atomic mass is 19.1. The van der Waals surface area contributed by atoms with Crippen LogP contribution in [0.3, 0.4) is 0 Å². The number of hydrogen-bond donors (Lipinski definition) is 1. The summed E-state index contributed by atoms with van der Waals surface area (Å²) in [5.74, 6) is 0.338. The molecule has 2 aromatic carbocycles. The van der Waals surface area contributed by atoms with Crippen LogP contribution in [-0.4, -0.2) is 29.5 Å². The van der Waals surface area contributed by atoms with E-state index in [0.29, 0.717) is 41.0 Å². The first-order valence-electron chi connectivity index (χ1n) is 10.2. The molecule has 6 nitrogen and oxygen atoms in total. The predicted molar refractivity (Wildman–Crippen MR) is 113 cm³/mol. The van der Waals surface area contributed by atoms with E-state index in [0.717, 1.165) is 11.1 Å². The van der Waals surface area contributed by atoms with Gasteiger partial charge >= 0.3 is 0 Å². The van der Waals surface area contributed by atoms with Crippen LogP contribution in [-0.2, 0) is 12.8 Å². The molecule has 1 aromatic heterocycles. The molecule has 1 unspecified atom stereocenters. The summed E-state index contributed by atoms with van der Waals surface area (Å²) < 4.78 is 25.8. The fourth-order valence-electron chi connectivity index (χ4n) is 3.74. The normalized spacial score (nSPS) is 14.8. The van der Waals surface area contributed by atoms with E-state index < -0.39 is 5.82 Å². The Balaban J connectivity index is 1.55. The molecule has 160 valence electrons. The van der Waals surface area contributed by atoms with E-state index in [1.807, 2.05) is 26.0 Å². The van der Waals surface area contributed by atoms with E-state index in [4.69, 9.17) is 9.26 Å². The quantitative estimate of drug-likeness (QED) is 0.600. The number of aromatic nitrogens is 1. The molecule has 0 aliphatic carbocycles. The summed E-state index contributed by atoms with van der Waals surface area (Å²) in [5, 5.41) is 6.59. The van der Waals surface area contributed by atoms with E-state index in [1.54, 1.807) is 12.1 Å². The van der Waals surface area contributed by atoms with Crippen LogP contribution in [0.25, 0.3) is 11.1 Å². The standard InChI is InChI=1S/C24H23FN2O4/c1-4-17-11-22(27-31-17)24(29)26-12-18-9-16-7-13(2)8-20(23(16)30-18)19-10-15(14(3)28)5-6-21(19)25/h5-8,10-11,18H,4,9,12H2,1-3H3,(H,26,29). The van der Waals surface area contributed by atoms with E-state index >= 15 is 0 Å². The van der Waals surface area contributed by atoms with Crippen molar-refractivity contribution in [3.05, 3.63) is 70.4 Å². The minimum absolute atomic E-state index is 0.133. The van der Waals surface area contributed by atoms with Crippen LogP contribution >= 0.6 is 0 Å². The van der Waals surface area contributed by atoms with Crippen molar-refractivity contribution in [3.63, 3.8) is 0 Å². The number of ketones is 1. The molecular weight excluding hydrogens is 399 g/mol. The van der Waals surface area contributed by atoms with Crippen molar-refractivity contribution in [1.29, 1.82) is 0 Å². The second-order valence-electron chi connectivity index (χ2n) is 7.74. The smallest absolute Gasteiger partial charge is 0.273 e. The zero-order valence-corrected chi connectivity index (χ0v) is 17.6. The Bertz CT molecular complexity index is 1170. The molecule has 2 heterocycles. The predicted octanol–water partition coefficient (Wildman–Crippen LogP) is 4.29. The Kier molecular flexibility index (Phi) is 5.59. The Morgan fingerprint density at radius 1 is 1.19 bits per heavy atom. The Morgan fingerprint density at radius 2 is 2.00 bits per heavy atom. The van der Waals surface area contributed by atoms with Gasteiger partial charge in [-0.1, -0.05) is 18.1 Å². The summed E-state index contributed by atoms with van der Waals surface area (Å²) in [6.07, 6.45) is 0.943. The van der Waals surface area contributed by atoms with E-state index in [1.165, 1.54) is 19.1 Å². The van der Waals surface area contributed by atoms with Crippen molar-refractivity contribution in [2.45, 2.75) is 39.7 Å². The molecule has 0 fully saturated rings. The van der Waals surface area contributed by atoms with Crippen LogP contribution in [0.2, 0.25) is 0 Å². The third kappa shape index (κ3) is 4.21. The number of aryl methyl sites for hydroxylation is 2. The molecule has 7 heteroatoms. The van der Waals surface area contributed by atoms with Gasteiger partial charge in [-0.3, -0.25) is 9.59 Å². The molecule has 0 spiro atoms. The number of nitrogens with one attached hydrogen (secondary N) is 1. The molecule has 0 bridgehead atoms. The SMILES string of the molecule is CCc1cc(C(=O)NCC2Cc3cc(C)cc(-c4cc(C(C)=O)ccc4F)c3O2)no1. The number of Topliss-reactive ketones (excluding diaryl/α,β-unsaturated/α-hetero) is 1. The molecule has 1 amide bonds. The third-order valence-corrected chi connectivity index (χ3v) is 5.34. The summed E-state index contributed by atoms with van der Waals surface area (Å²) >= 11 is 0. The van der Waals surface area contributed by atoms with Gasteiger partial charge in [-0.15, -0.1) is 0 Å². The molecule has 1 aliphatic rings. The van der Waals surface area contributed by atoms with Crippen LogP contribution in [0.4, 0.5) is 4.39 Å². The topological polar surface area (TPSA) is 81.4 Å². The molecule has 0 saturated heterocycles. The summed E-state index contributed by atoms with van der Waals surface area (Å²) in [6.45, 7) is 5.57. The Hall–Kier alpha value is -3.48. The largest absolute Gasteiger partial charge is 0.487 e. The van der Waals surface area contributed by atoms with Crippen molar-refractivity contribution in [2.75, 3.05) is 6.54 Å². The zero-order chi connectivity index (χ0) is 22.1. The fraction of sp³-hybridized carbons (Fsp3) is 0.292. The number of fused-ring (bicyclic) bond motifs is 1. The minimum Gasteiger partial charge on any atom is -0.487 e. The van der Waals surface area contributed by atoms with Gasteiger partial charge in [-0.2, -0.15) is 0 Å². The average molecular weight is 422 g/mol. The number of hydrogen-bond acceptors (Lipinski definition) is 5. The van der Waals surface area contributed by atoms with Gasteiger partial charge in [-0.25, -0.2) is 4.39 Å². The van der Waals surface area contributed by atoms with Crippen molar-refractivity contribution in [2.24, 2.45) is 0 Å². The highest BCUT2D eigenvalue weighted by Crippen LogP contribution is 2.41. The second-order valence-corrected chi connectivity index (χ2v) is 7.74. The molecule has 0 saturated carbocycles. The first-order chi connectivity index (χ1) is 14.9. The van der Waals surface area contributed by atoms with E-state index in [2.05, 4.69) is 10.5 Å². The van der Waals surface area contributed by atoms with Gasteiger partial charge in [0.05, 0.1) is 6.54 Å². The summed E-state index contributed by atoms with van der Waals surface area (Å²) in [5.41, 5.74) is 3.50. The van der Waals surface area contributed by atoms with Crippen molar-refractivity contribution in [1.82, 2.24) is 10.5 Å². The lowest BCUT2D eigenvalue weighted by Gasteiger charge is -2.14. The molecular formula is C24H23FN2O4. The van der Waals surface area contributed by atoms with Crippen molar-refractivity contribution >= 4 is 11.7 Å². The van der Waals surface area contributed by atoms with Crippen molar-refractivity contribution in [3.8, 4) is 16.9 Å². The van der Waals surface area contributed by atoms with Crippen LogP contribution in [0, 0.1) is 12.7 Å². The Labute approximate surface area is 179 Å². The number of nitrogens with zero attached hydrogens (tertiary/aromatic N) is 1. The van der Waals surface area contributed by atoms with E-state index in [-0.39, 0.29) is 30.0 Å². The number of amides is 1. The van der Waals surface area contributed by atoms with Gasteiger partial charge in [0.1, 0.15) is 23.4 Å². The second kappa shape index (κ2) is 8.34. The van der Waals surface area contributed by atoms with Gasteiger partial charge in [0.25, 0.3) is 5.91 Å². The summed E-state index contributed by atoms with van der Waals surface area (Å²) in [4.78, 5) is 24.1. The third-order valence-electron chi connectivity index (χ3n) is 5.34. The van der Waals surface area contributed by atoms with Crippen molar-refractivity contribution < 1.29 is 23.2 Å². The van der Waals surface area contributed by atoms with Crippen LogP contribution in [0.15, 0.2) is 40.9 Å². The molecule has 1 aliphatic heterocycles. The monoisotopic (exact) mass is 422 g/mol. The minimum atomic E-state index is -0.420. The summed E-state index contributed by atoms with van der Waals surface area (Å²) in [6, 6.07) is 9.80. The van der Waals surface area contributed by atoms with Crippen LogP contribution in [0.1, 0.15) is 51.6 Å². The molecule has 31 heavy (non-hydrogen) atoms.